The molecule has 1 fully saturated rings. The van der Waals surface area contributed by atoms with Gasteiger partial charge in [0, 0.05) is 22.4 Å². The molecule has 23 heavy (non-hydrogen) atoms. The molecule has 2 aromatic carbocycles. The third-order valence-electron chi connectivity index (χ3n) is 3.75. The van der Waals surface area contributed by atoms with E-state index in [2.05, 4.69) is 21.2 Å². The molecule has 3 rings (SSSR count). The fraction of sp³-hybridized carbons (Fsp3) is 0.176. The molecule has 1 saturated heterocycles. The predicted molar refractivity (Wildman–Crippen MR) is 89.6 cm³/mol. The lowest BCUT2D eigenvalue weighted by molar-refractivity contribution is -0.129. The molecule has 1 atom stereocenters. The number of amides is 2. The summed E-state index contributed by atoms with van der Waals surface area (Å²) in [5.41, 5.74) is 1.24. The van der Waals surface area contributed by atoms with Crippen LogP contribution in [0.4, 0.5) is 15.8 Å². The van der Waals surface area contributed by atoms with Crippen molar-refractivity contribution in [3.05, 3.63) is 58.8 Å². The number of carbonyl (C=O) groups is 2. The Balaban J connectivity index is 1.71. The van der Waals surface area contributed by atoms with Gasteiger partial charge in [-0.05, 0) is 48.9 Å². The van der Waals surface area contributed by atoms with Gasteiger partial charge in [-0.1, -0.05) is 22.0 Å². The smallest absolute Gasteiger partial charge is 0.239 e. The number of halogens is 2. The molecule has 1 unspecified atom stereocenters. The maximum Gasteiger partial charge on any atom is 0.239 e. The number of anilines is 2. The summed E-state index contributed by atoms with van der Waals surface area (Å²) in [4.78, 5) is 26.4. The minimum Gasteiger partial charge on any atom is -0.325 e. The van der Waals surface area contributed by atoms with Crippen molar-refractivity contribution in [1.29, 1.82) is 0 Å². The minimum absolute atomic E-state index is 0.220. The SMILES string of the molecule is O=C(Nc1ccc(F)cc1)C1CCN(c2cccc(Br)c2)C1=O. The number of hydrogen-bond donors (Lipinski definition) is 1. The lowest BCUT2D eigenvalue weighted by Gasteiger charge is -2.17. The lowest BCUT2D eigenvalue weighted by Crippen LogP contribution is -2.33. The zero-order valence-corrected chi connectivity index (χ0v) is 13.7. The fourth-order valence-corrected chi connectivity index (χ4v) is 2.97. The van der Waals surface area contributed by atoms with Crippen molar-refractivity contribution >= 4 is 39.1 Å². The van der Waals surface area contributed by atoms with Crippen LogP contribution in [0.15, 0.2) is 53.0 Å². The highest BCUT2D eigenvalue weighted by atomic mass is 79.9. The van der Waals surface area contributed by atoms with E-state index in [0.717, 1.165) is 10.2 Å². The maximum atomic E-state index is 12.9. The number of benzene rings is 2. The van der Waals surface area contributed by atoms with Crippen LogP contribution in [0.1, 0.15) is 6.42 Å². The summed E-state index contributed by atoms with van der Waals surface area (Å²) in [7, 11) is 0. The van der Waals surface area contributed by atoms with Crippen LogP contribution in [0.5, 0.6) is 0 Å². The van der Waals surface area contributed by atoms with Crippen LogP contribution in [0, 0.1) is 11.7 Å². The van der Waals surface area contributed by atoms with Gasteiger partial charge in [-0.2, -0.15) is 0 Å². The van der Waals surface area contributed by atoms with Crippen molar-refractivity contribution in [3.63, 3.8) is 0 Å². The van der Waals surface area contributed by atoms with Gasteiger partial charge >= 0.3 is 0 Å². The number of rotatable bonds is 3. The van der Waals surface area contributed by atoms with Crippen LogP contribution in [-0.4, -0.2) is 18.4 Å². The molecule has 0 aromatic heterocycles. The van der Waals surface area contributed by atoms with E-state index >= 15 is 0 Å². The second kappa shape index (κ2) is 6.50. The van der Waals surface area contributed by atoms with Crippen molar-refractivity contribution in [2.45, 2.75) is 6.42 Å². The first-order valence-corrected chi connectivity index (χ1v) is 7.97. The minimum atomic E-state index is -0.723. The van der Waals surface area contributed by atoms with Crippen LogP contribution < -0.4 is 10.2 Å². The Morgan fingerprint density at radius 2 is 1.96 bits per heavy atom. The van der Waals surface area contributed by atoms with Gasteiger partial charge in [0.15, 0.2) is 0 Å². The molecule has 2 aromatic rings. The monoisotopic (exact) mass is 376 g/mol. The molecular weight excluding hydrogens is 363 g/mol. The van der Waals surface area contributed by atoms with E-state index in [1.807, 2.05) is 24.3 Å². The van der Waals surface area contributed by atoms with E-state index in [-0.39, 0.29) is 17.6 Å². The average Bonchev–Trinajstić information content (AvgIpc) is 2.91. The normalized spacial score (nSPS) is 17.4. The quantitative estimate of drug-likeness (QED) is 0.832. The Labute approximate surface area is 141 Å². The molecule has 0 saturated carbocycles. The van der Waals surface area contributed by atoms with Crippen LogP contribution in [0.25, 0.3) is 0 Å². The largest absolute Gasteiger partial charge is 0.325 e. The van der Waals surface area contributed by atoms with Gasteiger partial charge in [-0.15, -0.1) is 0 Å². The van der Waals surface area contributed by atoms with Gasteiger partial charge in [0.05, 0.1) is 0 Å². The molecule has 1 aliphatic heterocycles. The van der Waals surface area contributed by atoms with Gasteiger partial charge in [0.25, 0.3) is 0 Å². The molecule has 118 valence electrons. The van der Waals surface area contributed by atoms with Crippen LogP contribution in [-0.2, 0) is 9.59 Å². The van der Waals surface area contributed by atoms with Gasteiger partial charge < -0.3 is 10.2 Å². The van der Waals surface area contributed by atoms with Crippen molar-refractivity contribution in [2.75, 3.05) is 16.8 Å². The summed E-state index contributed by atoms with van der Waals surface area (Å²) in [6, 6.07) is 12.9. The molecule has 4 nitrogen and oxygen atoms in total. The molecule has 1 aliphatic rings. The topological polar surface area (TPSA) is 49.4 Å². The Hall–Kier alpha value is -2.21. The van der Waals surface area contributed by atoms with Gasteiger partial charge in [-0.25, -0.2) is 4.39 Å². The standard InChI is InChI=1S/C17H14BrFN2O2/c18-11-2-1-3-14(10-11)21-9-8-15(17(21)23)16(22)20-13-6-4-12(19)5-7-13/h1-7,10,15H,8-9H2,(H,20,22). The van der Waals surface area contributed by atoms with E-state index in [1.165, 1.54) is 24.3 Å². The van der Waals surface area contributed by atoms with Crippen molar-refractivity contribution in [2.24, 2.45) is 5.92 Å². The maximum absolute atomic E-state index is 12.9. The Kier molecular flexibility index (Phi) is 4.43. The van der Waals surface area contributed by atoms with Gasteiger partial charge in [0.1, 0.15) is 11.7 Å². The first-order valence-electron chi connectivity index (χ1n) is 7.18. The van der Waals surface area contributed by atoms with Crippen LogP contribution >= 0.6 is 15.9 Å². The first kappa shape index (κ1) is 15.7. The van der Waals surface area contributed by atoms with Crippen LogP contribution in [0.2, 0.25) is 0 Å². The zero-order valence-electron chi connectivity index (χ0n) is 12.1. The molecule has 0 bridgehead atoms. The highest BCUT2D eigenvalue weighted by Gasteiger charge is 2.37. The molecule has 2 amide bonds. The predicted octanol–water partition coefficient (Wildman–Crippen LogP) is 3.58. The number of nitrogens with zero attached hydrogens (tertiary/aromatic N) is 1. The van der Waals surface area contributed by atoms with Crippen molar-refractivity contribution in [1.82, 2.24) is 0 Å². The number of nitrogens with one attached hydrogen (secondary N) is 1. The average molecular weight is 377 g/mol. The summed E-state index contributed by atoms with van der Waals surface area (Å²) < 4.78 is 13.8. The van der Waals surface area contributed by atoms with E-state index in [0.29, 0.717) is 18.7 Å². The van der Waals surface area contributed by atoms with Gasteiger partial charge in [-0.3, -0.25) is 9.59 Å². The summed E-state index contributed by atoms with van der Waals surface area (Å²) in [6.07, 6.45) is 0.457. The second-order valence-corrected chi connectivity index (χ2v) is 6.22. The number of hydrogen-bond acceptors (Lipinski definition) is 2. The Morgan fingerprint density at radius 3 is 2.65 bits per heavy atom. The molecule has 6 heteroatoms. The van der Waals surface area contributed by atoms with E-state index in [9.17, 15) is 14.0 Å². The zero-order chi connectivity index (χ0) is 16.4. The fourth-order valence-electron chi connectivity index (χ4n) is 2.59. The third-order valence-corrected chi connectivity index (χ3v) is 4.25. The summed E-state index contributed by atoms with van der Waals surface area (Å²) >= 11 is 3.38. The highest BCUT2D eigenvalue weighted by molar-refractivity contribution is 9.10. The highest BCUT2D eigenvalue weighted by Crippen LogP contribution is 2.28. The summed E-state index contributed by atoms with van der Waals surface area (Å²) in [6.45, 7) is 0.497. The van der Waals surface area contributed by atoms with Crippen molar-refractivity contribution < 1.29 is 14.0 Å². The molecule has 0 radical (unpaired) electrons. The van der Waals surface area contributed by atoms with Crippen LogP contribution in [0.3, 0.4) is 0 Å². The Morgan fingerprint density at radius 1 is 1.22 bits per heavy atom. The van der Waals surface area contributed by atoms with E-state index < -0.39 is 5.92 Å². The number of carbonyl (C=O) groups excluding carboxylic acids is 2. The molecule has 1 heterocycles. The lowest BCUT2D eigenvalue weighted by atomic mass is 10.1. The Bertz CT molecular complexity index is 749. The molecule has 0 spiro atoms. The van der Waals surface area contributed by atoms with Gasteiger partial charge in [0.2, 0.25) is 11.8 Å². The molecule has 1 N–H and O–H groups in total. The second-order valence-electron chi connectivity index (χ2n) is 5.31. The summed E-state index contributed by atoms with van der Waals surface area (Å²) in [5.74, 6) is -1.68. The van der Waals surface area contributed by atoms with Crippen molar-refractivity contribution in [3.8, 4) is 0 Å². The molecule has 0 aliphatic carbocycles. The third kappa shape index (κ3) is 3.42. The van der Waals surface area contributed by atoms with E-state index in [4.69, 9.17) is 0 Å². The van der Waals surface area contributed by atoms with E-state index in [1.54, 1.807) is 4.90 Å². The first-order chi connectivity index (χ1) is 11.0. The molecular formula is C17H14BrFN2O2. The summed E-state index contributed by atoms with van der Waals surface area (Å²) in [5, 5.41) is 2.66.